The molecule has 0 radical (unpaired) electrons. The van der Waals surface area contributed by atoms with Gasteiger partial charge in [0.05, 0.1) is 0 Å². The number of nitrogen functional groups attached to an aromatic ring is 2. The number of halogens is 2. The van der Waals surface area contributed by atoms with E-state index in [2.05, 4.69) is 0 Å². The molecule has 0 unspecified atom stereocenters. The maximum absolute atomic E-state index is 11.4. The zero-order valence-electron chi connectivity index (χ0n) is 9.67. The van der Waals surface area contributed by atoms with E-state index in [1.54, 1.807) is 25.1 Å². The van der Waals surface area contributed by atoms with Crippen LogP contribution in [0.25, 0.3) is 10.4 Å². The van der Waals surface area contributed by atoms with Crippen LogP contribution in [0.5, 0.6) is 0 Å². The van der Waals surface area contributed by atoms with Gasteiger partial charge in [0.15, 0.2) is 5.78 Å². The van der Waals surface area contributed by atoms with Gasteiger partial charge in [0, 0.05) is 27.4 Å². The molecule has 3 nitrogen and oxygen atoms in total. The Morgan fingerprint density at radius 2 is 1.83 bits per heavy atom. The summed E-state index contributed by atoms with van der Waals surface area (Å²) in [4.78, 5) is 12.3. The number of hydrogen-bond donors (Lipinski definition) is 2. The molecule has 98 valence electrons. The fourth-order valence-corrected chi connectivity index (χ4v) is 2.55. The topological polar surface area (TPSA) is 69.1 Å². The van der Waals surface area contributed by atoms with Crippen LogP contribution >= 0.6 is 36.2 Å². The van der Waals surface area contributed by atoms with Gasteiger partial charge in [-0.05, 0) is 36.6 Å². The predicted octanol–water partition coefficient (Wildman–Crippen LogP) is 3.63. The van der Waals surface area contributed by atoms with Crippen molar-refractivity contribution in [3.63, 3.8) is 0 Å². The molecule has 0 aliphatic carbocycles. The Morgan fingerprint density at radius 1 is 1.17 bits per heavy atom. The van der Waals surface area contributed by atoms with Crippen molar-refractivity contribution in [2.75, 3.05) is 11.5 Å². The molecule has 0 saturated heterocycles. The van der Waals surface area contributed by atoms with Gasteiger partial charge in [0.2, 0.25) is 0 Å². The van der Waals surface area contributed by atoms with Crippen LogP contribution in [-0.4, -0.2) is 5.78 Å². The molecule has 0 aliphatic heterocycles. The van der Waals surface area contributed by atoms with E-state index < -0.39 is 0 Å². The molecule has 0 saturated carbocycles. The second kappa shape index (κ2) is 6.64. The fraction of sp³-hybridized carbons (Fsp3) is 0.0833. The molecular formula is C12H14Cl2N2OS. The summed E-state index contributed by atoms with van der Waals surface area (Å²) in [5.74, 6) is 0.0399. The number of nitrogens with two attached hydrogens (primary N) is 2. The van der Waals surface area contributed by atoms with Crippen molar-refractivity contribution >= 4 is 53.3 Å². The molecule has 4 N–H and O–H groups in total. The summed E-state index contributed by atoms with van der Waals surface area (Å²) < 4.78 is 0. The Bertz CT molecular complexity index is 555. The Morgan fingerprint density at radius 3 is 2.44 bits per heavy atom. The van der Waals surface area contributed by atoms with Crippen molar-refractivity contribution in [1.82, 2.24) is 0 Å². The van der Waals surface area contributed by atoms with Crippen molar-refractivity contribution in [3.05, 3.63) is 35.2 Å². The molecule has 0 spiro atoms. The Hall–Kier alpha value is -1.23. The number of rotatable bonds is 2. The first-order valence-electron chi connectivity index (χ1n) is 4.83. The molecule has 0 atom stereocenters. The molecule has 1 aromatic carbocycles. The highest BCUT2D eigenvalue weighted by Crippen LogP contribution is 2.35. The van der Waals surface area contributed by atoms with Crippen molar-refractivity contribution in [2.45, 2.75) is 6.92 Å². The summed E-state index contributed by atoms with van der Waals surface area (Å²) in [6.07, 6.45) is 0. The van der Waals surface area contributed by atoms with E-state index in [1.807, 2.05) is 11.4 Å². The third-order valence-corrected chi connectivity index (χ3v) is 3.31. The number of benzene rings is 1. The van der Waals surface area contributed by atoms with Crippen molar-refractivity contribution in [2.24, 2.45) is 0 Å². The first-order chi connectivity index (χ1) is 7.59. The van der Waals surface area contributed by atoms with Gasteiger partial charge in [-0.2, -0.15) is 0 Å². The second-order valence-electron chi connectivity index (χ2n) is 3.57. The van der Waals surface area contributed by atoms with Crippen molar-refractivity contribution in [1.29, 1.82) is 0 Å². The summed E-state index contributed by atoms with van der Waals surface area (Å²) in [6.45, 7) is 1.55. The lowest BCUT2D eigenvalue weighted by atomic mass is 10.1. The van der Waals surface area contributed by atoms with E-state index in [-0.39, 0.29) is 30.6 Å². The average molecular weight is 305 g/mol. The lowest BCUT2D eigenvalue weighted by Crippen LogP contribution is -1.96. The van der Waals surface area contributed by atoms with E-state index in [9.17, 15) is 4.79 Å². The number of thiophene rings is 1. The largest absolute Gasteiger partial charge is 0.399 e. The van der Waals surface area contributed by atoms with Crippen LogP contribution in [0.4, 0.5) is 11.4 Å². The van der Waals surface area contributed by atoms with Gasteiger partial charge in [-0.3, -0.25) is 4.79 Å². The minimum absolute atomic E-state index is 0. The van der Waals surface area contributed by atoms with Gasteiger partial charge in [-0.15, -0.1) is 36.2 Å². The van der Waals surface area contributed by atoms with Crippen LogP contribution < -0.4 is 11.5 Å². The van der Waals surface area contributed by atoms with E-state index in [0.717, 1.165) is 10.4 Å². The van der Waals surface area contributed by atoms with Gasteiger partial charge in [-0.25, -0.2) is 0 Å². The Labute approximate surface area is 122 Å². The molecule has 0 bridgehead atoms. The number of ketones is 1. The number of hydrogen-bond acceptors (Lipinski definition) is 4. The highest BCUT2D eigenvalue weighted by Gasteiger charge is 2.13. The molecule has 6 heteroatoms. The zero-order chi connectivity index (χ0) is 11.7. The standard InChI is InChI=1S/C12H12N2OS.2ClH/c1-7(15)9-4-5-16-12(9)10-6-8(13)2-3-11(10)14;;/h2-6H,13-14H2,1H3;2*1H. The third kappa shape index (κ3) is 3.16. The van der Waals surface area contributed by atoms with Gasteiger partial charge in [0.1, 0.15) is 0 Å². The van der Waals surface area contributed by atoms with Crippen LogP contribution in [0.2, 0.25) is 0 Å². The first kappa shape index (κ1) is 16.8. The SMILES string of the molecule is CC(=O)c1ccsc1-c1cc(N)ccc1N.Cl.Cl. The van der Waals surface area contributed by atoms with Gasteiger partial charge in [0.25, 0.3) is 0 Å². The zero-order valence-corrected chi connectivity index (χ0v) is 12.1. The smallest absolute Gasteiger partial charge is 0.161 e. The highest BCUT2D eigenvalue weighted by atomic mass is 35.5. The van der Waals surface area contributed by atoms with Crippen molar-refractivity contribution in [3.8, 4) is 10.4 Å². The lowest BCUT2D eigenvalue weighted by molar-refractivity contribution is 0.101. The number of anilines is 2. The van der Waals surface area contributed by atoms with Crippen molar-refractivity contribution < 1.29 is 4.79 Å². The van der Waals surface area contributed by atoms with E-state index >= 15 is 0 Å². The molecule has 18 heavy (non-hydrogen) atoms. The summed E-state index contributed by atoms with van der Waals surface area (Å²) in [5.41, 5.74) is 14.4. The van der Waals surface area contributed by atoms with Gasteiger partial charge >= 0.3 is 0 Å². The molecule has 1 aromatic heterocycles. The molecule has 0 aliphatic rings. The van der Waals surface area contributed by atoms with Gasteiger partial charge < -0.3 is 11.5 Å². The van der Waals surface area contributed by atoms with Crippen LogP contribution in [-0.2, 0) is 0 Å². The highest BCUT2D eigenvalue weighted by molar-refractivity contribution is 7.14. The average Bonchev–Trinajstić information content (AvgIpc) is 2.70. The fourth-order valence-electron chi connectivity index (χ4n) is 1.57. The van der Waals surface area contributed by atoms with Crippen LogP contribution in [0.15, 0.2) is 29.6 Å². The van der Waals surface area contributed by atoms with Crippen LogP contribution in [0.3, 0.4) is 0 Å². The maximum Gasteiger partial charge on any atom is 0.161 e. The lowest BCUT2D eigenvalue weighted by Gasteiger charge is -2.06. The molecule has 2 rings (SSSR count). The number of carbonyl (C=O) groups is 1. The second-order valence-corrected chi connectivity index (χ2v) is 4.48. The van der Waals surface area contributed by atoms with Gasteiger partial charge in [-0.1, -0.05) is 0 Å². The molecule has 0 amide bonds. The normalized spacial score (nSPS) is 9.17. The third-order valence-electron chi connectivity index (χ3n) is 2.37. The molecule has 2 aromatic rings. The summed E-state index contributed by atoms with van der Waals surface area (Å²) in [7, 11) is 0. The number of carbonyl (C=O) groups excluding carboxylic acids is 1. The number of Topliss-reactive ketones (excluding diaryl/α,β-unsaturated/α-hetero) is 1. The minimum atomic E-state index is 0. The van der Waals surface area contributed by atoms with Crippen LogP contribution in [0, 0.1) is 0 Å². The summed E-state index contributed by atoms with van der Waals surface area (Å²) in [6, 6.07) is 7.12. The maximum atomic E-state index is 11.4. The van der Waals surface area contributed by atoms with E-state index in [1.165, 1.54) is 11.3 Å². The monoisotopic (exact) mass is 304 g/mol. The Kier molecular flexibility index (Phi) is 6.18. The Balaban J connectivity index is 0.00000144. The quantitative estimate of drug-likeness (QED) is 0.657. The molecule has 0 fully saturated rings. The van der Waals surface area contributed by atoms with Crippen LogP contribution in [0.1, 0.15) is 17.3 Å². The van der Waals surface area contributed by atoms with E-state index in [4.69, 9.17) is 11.5 Å². The molecule has 1 heterocycles. The summed E-state index contributed by atoms with van der Waals surface area (Å²) in [5, 5.41) is 1.88. The summed E-state index contributed by atoms with van der Waals surface area (Å²) >= 11 is 1.50. The predicted molar refractivity (Wildman–Crippen MR) is 83.1 cm³/mol. The van der Waals surface area contributed by atoms with E-state index in [0.29, 0.717) is 16.9 Å². The molecular weight excluding hydrogens is 291 g/mol. The first-order valence-corrected chi connectivity index (χ1v) is 5.71. The minimum Gasteiger partial charge on any atom is -0.399 e.